The van der Waals surface area contributed by atoms with Gasteiger partial charge in [-0.3, -0.25) is 4.90 Å². The first-order valence-corrected chi connectivity index (χ1v) is 6.75. The van der Waals surface area contributed by atoms with Gasteiger partial charge in [-0.15, -0.1) is 0 Å². The molecule has 2 aliphatic rings. The average molecular weight is 211 g/mol. The van der Waals surface area contributed by atoms with Crippen molar-refractivity contribution in [2.24, 2.45) is 5.92 Å². The molecule has 0 aromatic carbocycles. The molecule has 2 fully saturated rings. The maximum atomic E-state index is 9.35. The lowest BCUT2D eigenvalue weighted by Gasteiger charge is -2.37. The van der Waals surface area contributed by atoms with Crippen LogP contribution in [0.1, 0.15) is 51.4 Å². The van der Waals surface area contributed by atoms with E-state index in [0.29, 0.717) is 12.6 Å². The quantitative estimate of drug-likeness (QED) is 0.775. The number of likely N-dealkylation sites (tertiary alicyclic amines) is 1. The molecule has 0 aromatic rings. The monoisotopic (exact) mass is 211 g/mol. The molecule has 1 heterocycles. The fraction of sp³-hybridized carbons (Fsp3) is 1.00. The van der Waals surface area contributed by atoms with Crippen LogP contribution in [-0.2, 0) is 0 Å². The zero-order valence-corrected chi connectivity index (χ0v) is 9.83. The van der Waals surface area contributed by atoms with Crippen molar-refractivity contribution in [1.29, 1.82) is 0 Å². The molecule has 2 nitrogen and oxygen atoms in total. The molecule has 1 saturated heterocycles. The maximum absolute atomic E-state index is 9.35. The zero-order chi connectivity index (χ0) is 10.5. The lowest BCUT2D eigenvalue weighted by Crippen LogP contribution is -2.44. The standard InChI is InChI=1S/C13H25NO/c15-11-13-8-4-5-9-14(13)10-12-6-2-1-3-7-12/h12-13,15H,1-11H2. The Morgan fingerprint density at radius 1 is 0.933 bits per heavy atom. The fourth-order valence-corrected chi connectivity index (χ4v) is 3.21. The number of hydrogen-bond donors (Lipinski definition) is 1. The minimum absolute atomic E-state index is 0.368. The molecular formula is C13H25NO. The highest BCUT2D eigenvalue weighted by Gasteiger charge is 2.24. The molecule has 0 spiro atoms. The summed E-state index contributed by atoms with van der Waals surface area (Å²) in [7, 11) is 0. The number of piperidine rings is 1. The summed E-state index contributed by atoms with van der Waals surface area (Å²) in [6.45, 7) is 2.85. The van der Waals surface area contributed by atoms with Crippen molar-refractivity contribution >= 4 is 0 Å². The Bertz CT molecular complexity index is 177. The summed E-state index contributed by atoms with van der Waals surface area (Å²) in [4.78, 5) is 2.56. The predicted octanol–water partition coefficient (Wildman–Crippen LogP) is 2.41. The van der Waals surface area contributed by atoms with Gasteiger partial charge in [-0.05, 0) is 38.1 Å². The highest BCUT2D eigenvalue weighted by molar-refractivity contribution is 4.79. The minimum Gasteiger partial charge on any atom is -0.395 e. The molecule has 15 heavy (non-hydrogen) atoms. The molecule has 1 aliphatic heterocycles. The summed E-state index contributed by atoms with van der Waals surface area (Å²) >= 11 is 0. The van der Waals surface area contributed by atoms with E-state index in [4.69, 9.17) is 0 Å². The SMILES string of the molecule is OCC1CCCCN1CC1CCCCC1. The number of aliphatic hydroxyl groups excluding tert-OH is 1. The van der Waals surface area contributed by atoms with E-state index in [1.165, 1.54) is 64.5 Å². The lowest BCUT2D eigenvalue weighted by molar-refractivity contribution is 0.0697. The largest absolute Gasteiger partial charge is 0.395 e. The first-order valence-electron chi connectivity index (χ1n) is 6.75. The second-order valence-electron chi connectivity index (χ2n) is 5.33. The maximum Gasteiger partial charge on any atom is 0.0586 e. The Morgan fingerprint density at radius 3 is 2.40 bits per heavy atom. The van der Waals surface area contributed by atoms with E-state index in [0.717, 1.165) is 5.92 Å². The fourth-order valence-electron chi connectivity index (χ4n) is 3.21. The van der Waals surface area contributed by atoms with Crippen LogP contribution in [0.5, 0.6) is 0 Å². The van der Waals surface area contributed by atoms with E-state index in [1.807, 2.05) is 0 Å². The van der Waals surface area contributed by atoms with Crippen LogP contribution in [0.3, 0.4) is 0 Å². The number of hydrogen-bond acceptors (Lipinski definition) is 2. The Kier molecular flexibility index (Phi) is 4.45. The summed E-state index contributed by atoms with van der Waals surface area (Å²) in [5.74, 6) is 0.922. The van der Waals surface area contributed by atoms with Crippen LogP contribution >= 0.6 is 0 Å². The Morgan fingerprint density at radius 2 is 1.67 bits per heavy atom. The highest BCUT2D eigenvalue weighted by Crippen LogP contribution is 2.27. The smallest absolute Gasteiger partial charge is 0.0586 e. The van der Waals surface area contributed by atoms with E-state index in [1.54, 1.807) is 0 Å². The molecule has 1 N–H and O–H groups in total. The van der Waals surface area contributed by atoms with Gasteiger partial charge in [-0.1, -0.05) is 25.7 Å². The van der Waals surface area contributed by atoms with E-state index < -0.39 is 0 Å². The average Bonchev–Trinajstić information content (AvgIpc) is 2.31. The van der Waals surface area contributed by atoms with Gasteiger partial charge < -0.3 is 5.11 Å². The van der Waals surface area contributed by atoms with Crippen molar-refractivity contribution < 1.29 is 5.11 Å². The molecular weight excluding hydrogens is 186 g/mol. The van der Waals surface area contributed by atoms with Crippen LogP contribution < -0.4 is 0 Å². The van der Waals surface area contributed by atoms with Gasteiger partial charge in [-0.25, -0.2) is 0 Å². The first kappa shape index (κ1) is 11.4. The Labute approximate surface area is 93.7 Å². The van der Waals surface area contributed by atoms with Crippen molar-refractivity contribution in [2.75, 3.05) is 19.7 Å². The second kappa shape index (κ2) is 5.86. The Hall–Kier alpha value is -0.0800. The summed E-state index contributed by atoms with van der Waals surface area (Å²) in [5.41, 5.74) is 0. The van der Waals surface area contributed by atoms with Gasteiger partial charge >= 0.3 is 0 Å². The van der Waals surface area contributed by atoms with Crippen molar-refractivity contribution in [3.05, 3.63) is 0 Å². The molecule has 2 heteroatoms. The molecule has 0 bridgehead atoms. The predicted molar refractivity (Wildman–Crippen MR) is 62.9 cm³/mol. The number of aliphatic hydroxyl groups is 1. The minimum atomic E-state index is 0.368. The topological polar surface area (TPSA) is 23.5 Å². The van der Waals surface area contributed by atoms with E-state index in [2.05, 4.69) is 4.90 Å². The van der Waals surface area contributed by atoms with Crippen LogP contribution in [0.25, 0.3) is 0 Å². The molecule has 0 aromatic heterocycles. The van der Waals surface area contributed by atoms with Crippen molar-refractivity contribution in [3.8, 4) is 0 Å². The summed E-state index contributed by atoms with van der Waals surface area (Å²) in [6, 6.07) is 0.473. The first-order chi connectivity index (χ1) is 7.40. The van der Waals surface area contributed by atoms with Crippen LogP contribution in [0.2, 0.25) is 0 Å². The van der Waals surface area contributed by atoms with E-state index >= 15 is 0 Å². The van der Waals surface area contributed by atoms with Crippen molar-refractivity contribution in [3.63, 3.8) is 0 Å². The van der Waals surface area contributed by atoms with Gasteiger partial charge in [0.25, 0.3) is 0 Å². The second-order valence-corrected chi connectivity index (χ2v) is 5.33. The zero-order valence-electron chi connectivity index (χ0n) is 9.83. The van der Waals surface area contributed by atoms with E-state index in [9.17, 15) is 5.11 Å². The van der Waals surface area contributed by atoms with Gasteiger partial charge in [0.05, 0.1) is 6.61 Å². The van der Waals surface area contributed by atoms with Gasteiger partial charge in [0.1, 0.15) is 0 Å². The van der Waals surface area contributed by atoms with Gasteiger partial charge in [0.15, 0.2) is 0 Å². The number of nitrogens with zero attached hydrogens (tertiary/aromatic N) is 1. The third-order valence-corrected chi connectivity index (χ3v) is 4.18. The number of rotatable bonds is 3. The van der Waals surface area contributed by atoms with Crippen LogP contribution in [0.15, 0.2) is 0 Å². The molecule has 2 rings (SSSR count). The molecule has 1 atom stereocenters. The lowest BCUT2D eigenvalue weighted by atomic mass is 9.88. The van der Waals surface area contributed by atoms with Gasteiger partial charge in [0.2, 0.25) is 0 Å². The highest BCUT2D eigenvalue weighted by atomic mass is 16.3. The molecule has 88 valence electrons. The molecule has 1 unspecified atom stereocenters. The van der Waals surface area contributed by atoms with Crippen molar-refractivity contribution in [1.82, 2.24) is 4.90 Å². The van der Waals surface area contributed by atoms with Crippen LogP contribution in [0.4, 0.5) is 0 Å². The van der Waals surface area contributed by atoms with Gasteiger partial charge in [0, 0.05) is 12.6 Å². The Balaban J connectivity index is 1.79. The summed E-state index contributed by atoms with van der Waals surface area (Å²) in [6.07, 6.45) is 11.0. The van der Waals surface area contributed by atoms with Crippen LogP contribution in [-0.4, -0.2) is 35.7 Å². The van der Waals surface area contributed by atoms with Gasteiger partial charge in [-0.2, -0.15) is 0 Å². The van der Waals surface area contributed by atoms with Crippen LogP contribution in [0, 0.1) is 5.92 Å². The summed E-state index contributed by atoms with van der Waals surface area (Å²) in [5, 5.41) is 9.35. The molecule has 0 amide bonds. The molecule has 1 aliphatic carbocycles. The van der Waals surface area contributed by atoms with E-state index in [-0.39, 0.29) is 0 Å². The third kappa shape index (κ3) is 3.18. The molecule has 1 saturated carbocycles. The molecule has 0 radical (unpaired) electrons. The van der Waals surface area contributed by atoms with Crippen molar-refractivity contribution in [2.45, 2.75) is 57.4 Å². The third-order valence-electron chi connectivity index (χ3n) is 4.18. The summed E-state index contributed by atoms with van der Waals surface area (Å²) < 4.78 is 0. The normalized spacial score (nSPS) is 30.6.